The van der Waals surface area contributed by atoms with Crippen LogP contribution in [0.25, 0.3) is 17.2 Å². The summed E-state index contributed by atoms with van der Waals surface area (Å²) in [5.74, 6) is 0. The van der Waals surface area contributed by atoms with E-state index in [4.69, 9.17) is 17.2 Å². The van der Waals surface area contributed by atoms with E-state index in [-0.39, 0.29) is 42.8 Å². The van der Waals surface area contributed by atoms with E-state index in [1.165, 1.54) is 0 Å². The molecule has 0 amide bonds. The molecule has 0 spiro atoms. The second kappa shape index (κ2) is 15.0. The maximum atomic E-state index is 11.7. The molecule has 134 valence electrons. The summed E-state index contributed by atoms with van der Waals surface area (Å²) in [5.41, 5.74) is 20.1. The maximum absolute atomic E-state index is 11.7. The first kappa shape index (κ1) is 31.5. The van der Waals surface area contributed by atoms with Gasteiger partial charge in [-0.3, -0.25) is 0 Å². The van der Waals surface area contributed by atoms with Crippen molar-refractivity contribution in [1.82, 2.24) is 0 Å². The minimum Gasteiger partial charge on any atom is 4.00 e. The molecule has 0 heterocycles. The van der Waals surface area contributed by atoms with Gasteiger partial charge in [0.05, 0.1) is 0 Å². The van der Waals surface area contributed by atoms with Crippen molar-refractivity contribution in [3.05, 3.63) is 39.8 Å². The molecule has 1 rings (SSSR count). The second-order valence-electron chi connectivity index (χ2n) is 8.19. The van der Waals surface area contributed by atoms with Crippen molar-refractivity contribution < 1.29 is 29.7 Å². The van der Waals surface area contributed by atoms with Gasteiger partial charge >= 0.3 is 74.7 Å². The molecule has 0 saturated carbocycles. The molecule has 6 heteroatoms. The zero-order valence-electron chi connectivity index (χ0n) is 16.4. The van der Waals surface area contributed by atoms with Gasteiger partial charge in [0.1, 0.15) is 0 Å². The first-order chi connectivity index (χ1) is 9.43. The average molecular weight is 465 g/mol. The fraction of sp³-hybridized carbons (Fsp3) is 0.765. The Labute approximate surface area is 170 Å². The summed E-state index contributed by atoms with van der Waals surface area (Å²) in [6.07, 6.45) is 7.55. The van der Waals surface area contributed by atoms with Gasteiger partial charge in [0, 0.05) is 0 Å². The largest absolute Gasteiger partial charge is 4.00 e. The van der Waals surface area contributed by atoms with Gasteiger partial charge in [-0.05, 0) is 0 Å². The van der Waals surface area contributed by atoms with Crippen molar-refractivity contribution in [3.8, 4) is 0 Å². The topological polar surface area (TPSA) is 71.4 Å². The number of nitrogens with one attached hydrogen (secondary N) is 3. The van der Waals surface area contributed by atoms with Crippen LogP contribution in [0, 0.1) is 6.08 Å². The first-order valence-electron chi connectivity index (χ1n) is 7.50. The predicted octanol–water partition coefficient (Wildman–Crippen LogP) is 6.20. The van der Waals surface area contributed by atoms with Crippen LogP contribution >= 0.6 is 0 Å². The third-order valence-electron chi connectivity index (χ3n) is 0.910. The standard InChI is InChI=1S/C5H6FGe.3C4H10N.Zr/c6-7-5-3-1-2-4-5;3*1-4(2,3)5;/h1,3H,2,7H2;3*5H,1-3H3;/q4*-1;+4. The molecule has 0 unspecified atom stereocenters. The molecule has 0 aromatic heterocycles. The molecular weight excluding hydrogens is 429 g/mol. The summed E-state index contributed by atoms with van der Waals surface area (Å²) in [7, 11) is 0. The van der Waals surface area contributed by atoms with Crippen molar-refractivity contribution in [2.75, 3.05) is 0 Å². The van der Waals surface area contributed by atoms with Crippen LogP contribution < -0.4 is 0 Å². The second-order valence-corrected chi connectivity index (χ2v) is 10.4. The van der Waals surface area contributed by atoms with Crippen molar-refractivity contribution >= 4 is 15.9 Å². The van der Waals surface area contributed by atoms with Crippen molar-refractivity contribution in [2.24, 2.45) is 0 Å². The van der Waals surface area contributed by atoms with Crippen molar-refractivity contribution in [2.45, 2.75) is 85.4 Å². The van der Waals surface area contributed by atoms with Crippen LogP contribution in [0.2, 0.25) is 0 Å². The van der Waals surface area contributed by atoms with Gasteiger partial charge in [-0.2, -0.15) is 0 Å². The Morgan fingerprint density at radius 2 is 1.13 bits per heavy atom. The van der Waals surface area contributed by atoms with Gasteiger partial charge in [-0.25, -0.2) is 0 Å². The van der Waals surface area contributed by atoms with Crippen LogP contribution in [0.5, 0.6) is 0 Å². The third-order valence-corrected chi connectivity index (χ3v) is 2.53. The van der Waals surface area contributed by atoms with Crippen LogP contribution in [-0.4, -0.2) is 32.5 Å². The van der Waals surface area contributed by atoms with E-state index >= 15 is 0 Å². The number of halogens is 1. The number of rotatable bonds is 1. The Hall–Kier alpha value is 0.716. The van der Waals surface area contributed by atoms with Crippen LogP contribution in [0.1, 0.15) is 68.7 Å². The van der Waals surface area contributed by atoms with Crippen LogP contribution in [0.3, 0.4) is 0 Å². The molecule has 0 saturated heterocycles. The minimum atomic E-state index is -1.75. The molecule has 0 radical (unpaired) electrons. The van der Waals surface area contributed by atoms with E-state index in [2.05, 4.69) is 6.08 Å². The average Bonchev–Trinajstić information content (AvgIpc) is 2.60. The smallest absolute Gasteiger partial charge is 4.00 e. The van der Waals surface area contributed by atoms with E-state index < -0.39 is 15.9 Å². The van der Waals surface area contributed by atoms with Crippen molar-refractivity contribution in [1.29, 1.82) is 0 Å². The quantitative estimate of drug-likeness (QED) is 0.327. The third kappa shape index (κ3) is 103. The number of hydrogen-bond donors (Lipinski definition) is 0. The van der Waals surface area contributed by atoms with Gasteiger partial charge < -0.3 is 17.2 Å². The van der Waals surface area contributed by atoms with Gasteiger partial charge in [0.15, 0.2) is 0 Å². The number of hydrogen-bond acceptors (Lipinski definition) is 0. The monoisotopic (exact) mass is 465 g/mol. The normalized spacial score (nSPS) is 13.7. The molecule has 23 heavy (non-hydrogen) atoms. The Kier molecular flexibility index (Phi) is 20.5. The molecule has 0 aromatic rings. The fourth-order valence-corrected chi connectivity index (χ4v) is 1.58. The Morgan fingerprint density at radius 1 is 0.870 bits per heavy atom. The molecule has 0 bridgehead atoms. The summed E-state index contributed by atoms with van der Waals surface area (Å²) in [4.78, 5) is 0. The molecule has 0 fully saturated rings. The molecule has 0 aliphatic heterocycles. The van der Waals surface area contributed by atoms with Crippen LogP contribution in [0.4, 0.5) is 3.50 Å². The van der Waals surface area contributed by atoms with Gasteiger partial charge in [-0.1, -0.05) is 62.3 Å². The van der Waals surface area contributed by atoms with E-state index in [9.17, 15) is 3.50 Å². The number of allylic oxidation sites excluding steroid dienone is 4. The maximum Gasteiger partial charge on any atom is 4.00 e. The zero-order valence-corrected chi connectivity index (χ0v) is 21.9. The zero-order chi connectivity index (χ0) is 18.6. The minimum absolute atomic E-state index is 0. The molecule has 3 N–H and O–H groups in total. The molecule has 0 atom stereocenters. The summed E-state index contributed by atoms with van der Waals surface area (Å²) in [5, 5.41) is 0. The summed E-state index contributed by atoms with van der Waals surface area (Å²) in [6.45, 7) is 16.7. The molecule has 1 aliphatic carbocycles. The molecular formula is C17H36FGeN3Zr. The SMILES string of the molecule is CC(C)(C)[NH-].CC(C)(C)[NH-].CC(C)(C)[NH-].[F][GeH2][C]1=[C-]CC=C1.[Zr+4]. The Bertz CT molecular complexity index is 278. The molecule has 3 nitrogen and oxygen atoms in total. The van der Waals surface area contributed by atoms with Crippen LogP contribution in [-0.2, 0) is 26.2 Å². The Balaban J connectivity index is -0.000000105. The van der Waals surface area contributed by atoms with Crippen LogP contribution in [0.15, 0.2) is 16.6 Å². The molecule has 0 aromatic carbocycles. The Morgan fingerprint density at radius 3 is 1.22 bits per heavy atom. The first-order valence-corrected chi connectivity index (χ1v) is 10.1. The molecule has 1 aliphatic rings. The van der Waals surface area contributed by atoms with Gasteiger partial charge in [0.2, 0.25) is 0 Å². The van der Waals surface area contributed by atoms with Crippen molar-refractivity contribution in [3.63, 3.8) is 0 Å². The summed E-state index contributed by atoms with van der Waals surface area (Å²) >= 11 is -1.75. The van der Waals surface area contributed by atoms with E-state index in [1.807, 2.05) is 74.5 Å². The van der Waals surface area contributed by atoms with E-state index in [0.29, 0.717) is 0 Å². The summed E-state index contributed by atoms with van der Waals surface area (Å²) < 4.78 is 12.6. The van der Waals surface area contributed by atoms with Gasteiger partial charge in [0.25, 0.3) is 0 Å². The van der Waals surface area contributed by atoms with E-state index in [1.54, 1.807) is 0 Å². The predicted molar refractivity (Wildman–Crippen MR) is 102 cm³/mol. The fourth-order valence-electron chi connectivity index (χ4n) is 0.542. The summed E-state index contributed by atoms with van der Waals surface area (Å²) in [6, 6.07) is 0. The van der Waals surface area contributed by atoms with E-state index in [0.717, 1.165) is 10.8 Å². The van der Waals surface area contributed by atoms with Gasteiger partial charge in [-0.15, -0.1) is 16.6 Å².